The molecule has 0 atom stereocenters. The van der Waals surface area contributed by atoms with E-state index >= 15 is 0 Å². The highest BCUT2D eigenvalue weighted by Gasteiger charge is 2.18. The van der Waals surface area contributed by atoms with Gasteiger partial charge >= 0.3 is 11.0 Å². The summed E-state index contributed by atoms with van der Waals surface area (Å²) in [5.74, 6) is 0. The van der Waals surface area contributed by atoms with Gasteiger partial charge in [-0.05, 0) is 6.92 Å². The van der Waals surface area contributed by atoms with Crippen LogP contribution in [0, 0.1) is 6.92 Å². The van der Waals surface area contributed by atoms with Crippen molar-refractivity contribution in [2.45, 2.75) is 6.92 Å². The number of hydrogen-bond acceptors (Lipinski definition) is 2. The molecule has 0 fully saturated rings. The van der Waals surface area contributed by atoms with E-state index in [0.717, 1.165) is 15.0 Å². The molecule has 0 saturated carbocycles. The lowest BCUT2D eigenvalue weighted by Crippen LogP contribution is -2.37. The molecule has 0 aliphatic rings. The number of nitrogens with zero attached hydrogens (tertiary/aromatic N) is 2. The van der Waals surface area contributed by atoms with Crippen LogP contribution >= 0.6 is 0 Å². The van der Waals surface area contributed by atoms with Gasteiger partial charge in [-0.2, -0.15) is 0 Å². The summed E-state index contributed by atoms with van der Waals surface area (Å²) in [6, 6.07) is 5.17. The van der Waals surface area contributed by atoms with Crippen LogP contribution in [-0.2, 0) is 0 Å². The maximum Gasteiger partial charge on any atom is 0.333 e. The quantitative estimate of drug-likeness (QED) is 0.447. The van der Waals surface area contributed by atoms with Gasteiger partial charge in [0.05, 0.1) is 0 Å². The largest absolute Gasteiger partial charge is 0.333 e. The molecule has 0 aromatic carbocycles. The van der Waals surface area contributed by atoms with E-state index in [1.807, 2.05) is 6.92 Å². The normalized spacial score (nSPS) is 10.5. The number of pyridine rings is 2. The Morgan fingerprint density at radius 3 is 2.69 bits per heavy atom. The van der Waals surface area contributed by atoms with E-state index < -0.39 is 0 Å². The van der Waals surface area contributed by atoms with E-state index in [4.69, 9.17) is 0 Å². The Labute approximate surface area is 74.8 Å². The molecule has 66 valence electrons. The fraction of sp³-hybridized carbons (Fsp3) is 0.111. The first-order valence-electron chi connectivity index (χ1n) is 3.93. The monoisotopic (exact) mass is 178 g/mol. The van der Waals surface area contributed by atoms with Crippen molar-refractivity contribution in [2.24, 2.45) is 0 Å². The van der Waals surface area contributed by atoms with Crippen LogP contribution in [0.15, 0.2) is 30.6 Å². The second kappa shape index (κ2) is 2.58. The molecule has 0 bridgehead atoms. The predicted molar refractivity (Wildman–Crippen MR) is 43.4 cm³/mol. The molecule has 0 aliphatic heterocycles. The van der Waals surface area contributed by atoms with Crippen molar-refractivity contribution in [1.29, 1.82) is 0 Å². The minimum atomic E-state index is 0.565. The van der Waals surface area contributed by atoms with Gasteiger partial charge in [0.1, 0.15) is 0 Å². The standard InChI is InChI=1S/C9H10N2O2/c1-7-5-9-8(11(13)6-7)3-2-4-10(9)12/h2-6,12-13H,1H3/q+2. The fourth-order valence-electron chi connectivity index (χ4n) is 1.35. The third kappa shape index (κ3) is 1.16. The van der Waals surface area contributed by atoms with Crippen molar-refractivity contribution in [2.75, 3.05) is 0 Å². The zero-order valence-electron chi connectivity index (χ0n) is 7.18. The highest BCUT2D eigenvalue weighted by molar-refractivity contribution is 5.66. The van der Waals surface area contributed by atoms with E-state index in [-0.39, 0.29) is 0 Å². The predicted octanol–water partition coefficient (Wildman–Crippen LogP) is 0.198. The molecule has 13 heavy (non-hydrogen) atoms. The van der Waals surface area contributed by atoms with Gasteiger partial charge in [0.15, 0.2) is 0 Å². The van der Waals surface area contributed by atoms with E-state index in [9.17, 15) is 10.4 Å². The number of hydrogen-bond donors (Lipinski definition) is 2. The zero-order valence-corrected chi connectivity index (χ0v) is 7.18. The van der Waals surface area contributed by atoms with Gasteiger partial charge in [0.2, 0.25) is 12.4 Å². The van der Waals surface area contributed by atoms with Crippen LogP contribution in [0.25, 0.3) is 11.0 Å². The molecule has 0 amide bonds. The van der Waals surface area contributed by atoms with Gasteiger partial charge < -0.3 is 0 Å². The lowest BCUT2D eigenvalue weighted by Gasteiger charge is -1.91. The van der Waals surface area contributed by atoms with Gasteiger partial charge in [0.25, 0.3) is 0 Å². The Balaban J connectivity index is 2.94. The molecule has 0 aliphatic carbocycles. The molecular formula is C9H10N2O2+2. The Hall–Kier alpha value is -1.84. The van der Waals surface area contributed by atoms with Crippen molar-refractivity contribution < 1.29 is 19.9 Å². The molecule has 2 aromatic heterocycles. The first-order valence-corrected chi connectivity index (χ1v) is 3.93. The molecule has 0 saturated heterocycles. The fourth-order valence-corrected chi connectivity index (χ4v) is 1.35. The molecule has 2 aromatic rings. The number of rotatable bonds is 0. The molecule has 2 heterocycles. The van der Waals surface area contributed by atoms with Crippen LogP contribution in [0.5, 0.6) is 0 Å². The van der Waals surface area contributed by atoms with Crippen molar-refractivity contribution in [3.05, 3.63) is 36.2 Å². The Morgan fingerprint density at radius 2 is 1.92 bits per heavy atom. The minimum absolute atomic E-state index is 0.565. The van der Waals surface area contributed by atoms with Gasteiger partial charge in [0, 0.05) is 33.2 Å². The summed E-state index contributed by atoms with van der Waals surface area (Å²) in [5.41, 5.74) is 2.02. The number of fused-ring (bicyclic) bond motifs is 1. The third-order valence-corrected chi connectivity index (χ3v) is 1.93. The van der Waals surface area contributed by atoms with Gasteiger partial charge in [-0.15, -0.1) is 0 Å². The van der Waals surface area contributed by atoms with Crippen LogP contribution in [0.4, 0.5) is 0 Å². The second-order valence-electron chi connectivity index (χ2n) is 2.99. The Morgan fingerprint density at radius 1 is 1.15 bits per heavy atom. The van der Waals surface area contributed by atoms with E-state index in [1.54, 1.807) is 24.4 Å². The summed E-state index contributed by atoms with van der Waals surface area (Å²) < 4.78 is 1.98. The summed E-state index contributed by atoms with van der Waals surface area (Å²) in [6.45, 7) is 1.85. The topological polar surface area (TPSA) is 48.2 Å². The van der Waals surface area contributed by atoms with Crippen molar-refractivity contribution in [3.63, 3.8) is 0 Å². The molecule has 4 nitrogen and oxygen atoms in total. The molecule has 0 unspecified atom stereocenters. The maximum atomic E-state index is 9.47. The summed E-state index contributed by atoms with van der Waals surface area (Å²) in [7, 11) is 0. The van der Waals surface area contributed by atoms with Crippen LogP contribution in [0.1, 0.15) is 5.56 Å². The average molecular weight is 178 g/mol. The zero-order chi connectivity index (χ0) is 9.42. The summed E-state index contributed by atoms with van der Waals surface area (Å²) in [5, 5.41) is 18.9. The van der Waals surface area contributed by atoms with Crippen molar-refractivity contribution in [1.82, 2.24) is 0 Å². The van der Waals surface area contributed by atoms with Gasteiger partial charge in [-0.1, -0.05) is 0 Å². The summed E-state index contributed by atoms with van der Waals surface area (Å²) in [4.78, 5) is 0. The summed E-state index contributed by atoms with van der Waals surface area (Å²) in [6.07, 6.45) is 3.10. The molecule has 2 N–H and O–H groups in total. The highest BCUT2D eigenvalue weighted by atomic mass is 16.5. The molecular weight excluding hydrogens is 168 g/mol. The Kier molecular flexibility index (Phi) is 1.55. The smallest absolute Gasteiger partial charge is 0.284 e. The lowest BCUT2D eigenvalue weighted by molar-refractivity contribution is -0.901. The molecule has 2 rings (SSSR count). The minimum Gasteiger partial charge on any atom is -0.284 e. The molecule has 0 spiro atoms. The van der Waals surface area contributed by atoms with E-state index in [2.05, 4.69) is 0 Å². The van der Waals surface area contributed by atoms with E-state index in [0.29, 0.717) is 11.0 Å². The summed E-state index contributed by atoms with van der Waals surface area (Å²) >= 11 is 0. The molecule has 0 radical (unpaired) electrons. The van der Waals surface area contributed by atoms with Gasteiger partial charge in [-0.25, -0.2) is 0 Å². The van der Waals surface area contributed by atoms with Crippen molar-refractivity contribution in [3.8, 4) is 0 Å². The van der Waals surface area contributed by atoms with Crippen molar-refractivity contribution >= 4 is 11.0 Å². The highest BCUT2D eigenvalue weighted by Crippen LogP contribution is 2.04. The van der Waals surface area contributed by atoms with Crippen LogP contribution < -0.4 is 9.46 Å². The first kappa shape index (κ1) is 7.79. The Bertz CT molecular complexity index is 468. The van der Waals surface area contributed by atoms with Crippen LogP contribution in [0.2, 0.25) is 0 Å². The third-order valence-electron chi connectivity index (χ3n) is 1.93. The average Bonchev–Trinajstić information content (AvgIpc) is 2.07. The van der Waals surface area contributed by atoms with Gasteiger partial charge in [-0.3, -0.25) is 10.4 Å². The molecule has 4 heteroatoms. The first-order chi connectivity index (χ1) is 6.18. The number of aryl methyl sites for hydroxylation is 1. The number of aromatic nitrogens is 2. The lowest BCUT2D eigenvalue weighted by atomic mass is 10.2. The van der Waals surface area contributed by atoms with Crippen LogP contribution in [-0.4, -0.2) is 10.4 Å². The SMILES string of the molecule is Cc1cc2c(ccc[n+]2O)[n+](O)c1. The maximum absolute atomic E-state index is 9.47. The second-order valence-corrected chi connectivity index (χ2v) is 2.99. The van der Waals surface area contributed by atoms with E-state index in [1.165, 1.54) is 6.20 Å². The van der Waals surface area contributed by atoms with Crippen LogP contribution in [0.3, 0.4) is 0 Å².